The molecule has 2 aromatic rings. The number of allylic oxidation sites excluding steroid dienone is 2. The van der Waals surface area contributed by atoms with E-state index in [-0.39, 0.29) is 0 Å². The van der Waals surface area contributed by atoms with E-state index in [1.165, 1.54) is 11.1 Å². The van der Waals surface area contributed by atoms with Crippen LogP contribution in [0.15, 0.2) is 65.7 Å². The molecule has 1 nitrogen and oxygen atoms in total. The van der Waals surface area contributed by atoms with Gasteiger partial charge in [-0.1, -0.05) is 54.1 Å². The monoisotopic (exact) mass is 269 g/mol. The van der Waals surface area contributed by atoms with Crippen LogP contribution in [0.25, 0.3) is 5.57 Å². The average molecular weight is 270 g/mol. The number of rotatable bonds is 3. The molecule has 0 unspecified atom stereocenters. The molecule has 0 saturated heterocycles. The summed E-state index contributed by atoms with van der Waals surface area (Å²) < 4.78 is 0. The number of benzene rings is 2. The molecule has 2 heteroatoms. The average Bonchev–Trinajstić information content (AvgIpc) is 2.40. The molecule has 2 aromatic carbocycles. The molecule has 0 fully saturated rings. The fraction of sp³-hybridized carbons (Fsp3) is 0.118. The van der Waals surface area contributed by atoms with Crippen molar-refractivity contribution >= 4 is 28.0 Å². The molecule has 96 valence electrons. The molecule has 0 aliphatic heterocycles. The topological polar surface area (TPSA) is 12.4 Å². The normalized spacial score (nSPS) is 12.6. The first-order valence-electron chi connectivity index (χ1n) is 6.20. The van der Waals surface area contributed by atoms with Gasteiger partial charge in [-0.2, -0.15) is 0 Å². The predicted molar refractivity (Wildman–Crippen MR) is 84.2 cm³/mol. The van der Waals surface area contributed by atoms with E-state index in [1.54, 1.807) is 0 Å². The van der Waals surface area contributed by atoms with E-state index in [1.807, 2.05) is 55.5 Å². The zero-order chi connectivity index (χ0) is 13.7. The minimum atomic E-state index is 0.493. The van der Waals surface area contributed by atoms with Gasteiger partial charge in [0.2, 0.25) is 0 Å². The first-order chi connectivity index (χ1) is 9.16. The Kier molecular flexibility index (Phi) is 4.53. The van der Waals surface area contributed by atoms with Gasteiger partial charge in [-0.25, -0.2) is 4.99 Å². The lowest BCUT2D eigenvalue weighted by Crippen LogP contribution is -1.88. The van der Waals surface area contributed by atoms with Crippen LogP contribution in [0.4, 0.5) is 5.69 Å². The second-order valence-corrected chi connectivity index (χ2v) is 4.80. The van der Waals surface area contributed by atoms with Crippen LogP contribution in [0.1, 0.15) is 18.1 Å². The molecule has 19 heavy (non-hydrogen) atoms. The van der Waals surface area contributed by atoms with Crippen molar-refractivity contribution in [3.05, 3.63) is 71.8 Å². The van der Waals surface area contributed by atoms with Crippen molar-refractivity contribution < 1.29 is 0 Å². The summed E-state index contributed by atoms with van der Waals surface area (Å²) >= 11 is 6.19. The lowest BCUT2D eigenvalue weighted by molar-refractivity contribution is 1.41. The van der Waals surface area contributed by atoms with E-state index in [2.05, 4.69) is 24.0 Å². The van der Waals surface area contributed by atoms with Crippen LogP contribution >= 0.6 is 11.6 Å². The van der Waals surface area contributed by atoms with Crippen LogP contribution in [0.2, 0.25) is 0 Å². The Labute approximate surface area is 119 Å². The zero-order valence-electron chi connectivity index (χ0n) is 11.1. The molecule has 0 aliphatic rings. The Bertz CT molecular complexity index is 612. The van der Waals surface area contributed by atoms with E-state index in [9.17, 15) is 0 Å². The fourth-order valence-corrected chi connectivity index (χ4v) is 2.19. The molecule has 0 aromatic heterocycles. The zero-order valence-corrected chi connectivity index (χ0v) is 11.9. The Morgan fingerprint density at radius 3 is 2.32 bits per heavy atom. The Morgan fingerprint density at radius 2 is 1.63 bits per heavy atom. The Morgan fingerprint density at radius 1 is 1.00 bits per heavy atom. The largest absolute Gasteiger partial charge is 0.237 e. The quantitative estimate of drug-likeness (QED) is 0.665. The number of aryl methyl sites for hydroxylation is 1. The summed E-state index contributed by atoms with van der Waals surface area (Å²) in [4.78, 5) is 4.36. The minimum absolute atomic E-state index is 0.493. The summed E-state index contributed by atoms with van der Waals surface area (Å²) in [7, 11) is 0. The van der Waals surface area contributed by atoms with Gasteiger partial charge >= 0.3 is 0 Å². The molecule has 0 N–H and O–H groups in total. The Balaban J connectivity index is 2.26. The van der Waals surface area contributed by atoms with Gasteiger partial charge in [-0.3, -0.25) is 0 Å². The van der Waals surface area contributed by atoms with Crippen LogP contribution < -0.4 is 0 Å². The molecular formula is C17H16ClN. The van der Waals surface area contributed by atoms with Gasteiger partial charge in [0.05, 0.1) is 5.69 Å². The van der Waals surface area contributed by atoms with Crippen LogP contribution in [-0.4, -0.2) is 5.17 Å². The van der Waals surface area contributed by atoms with Crippen molar-refractivity contribution in [3.8, 4) is 0 Å². The third kappa shape index (κ3) is 3.80. The molecule has 0 bridgehead atoms. The van der Waals surface area contributed by atoms with E-state index in [0.29, 0.717) is 5.17 Å². The molecule has 0 heterocycles. The molecule has 0 radical (unpaired) electrons. The third-order valence-electron chi connectivity index (χ3n) is 2.90. The number of hydrogen-bond donors (Lipinski definition) is 0. The maximum atomic E-state index is 6.19. The minimum Gasteiger partial charge on any atom is -0.237 e. The Hall–Kier alpha value is -1.86. The molecule has 0 spiro atoms. The standard InChI is InChI=1S/C17H16ClN/c1-13-8-6-7-11-16(13)14(2)12-17(18)19-15-9-4-3-5-10-15/h3-12H,1-2H3/b14-12-,19-17-. The molecule has 0 amide bonds. The highest BCUT2D eigenvalue weighted by Gasteiger charge is 2.00. The van der Waals surface area contributed by atoms with Gasteiger partial charge in [0.1, 0.15) is 5.17 Å². The fourth-order valence-electron chi connectivity index (χ4n) is 1.93. The highest BCUT2D eigenvalue weighted by Crippen LogP contribution is 2.19. The summed E-state index contributed by atoms with van der Waals surface area (Å²) in [6.45, 7) is 4.14. The van der Waals surface area contributed by atoms with Gasteiger partial charge in [-0.05, 0) is 48.8 Å². The van der Waals surface area contributed by atoms with Crippen molar-refractivity contribution in [1.29, 1.82) is 0 Å². The first kappa shape index (κ1) is 13.6. The molecule has 2 rings (SSSR count). The summed E-state index contributed by atoms with van der Waals surface area (Å²) in [5, 5.41) is 0.493. The summed E-state index contributed by atoms with van der Waals surface area (Å²) in [5.74, 6) is 0. The van der Waals surface area contributed by atoms with Crippen molar-refractivity contribution in [2.45, 2.75) is 13.8 Å². The smallest absolute Gasteiger partial charge is 0.130 e. The number of hydrogen-bond acceptors (Lipinski definition) is 1. The van der Waals surface area contributed by atoms with Gasteiger partial charge < -0.3 is 0 Å². The highest BCUT2D eigenvalue weighted by molar-refractivity contribution is 6.69. The summed E-state index contributed by atoms with van der Waals surface area (Å²) in [6, 6.07) is 18.0. The van der Waals surface area contributed by atoms with Gasteiger partial charge in [-0.15, -0.1) is 0 Å². The lowest BCUT2D eigenvalue weighted by atomic mass is 10.0. The second kappa shape index (κ2) is 6.35. The van der Waals surface area contributed by atoms with Crippen molar-refractivity contribution in [3.63, 3.8) is 0 Å². The van der Waals surface area contributed by atoms with Gasteiger partial charge in [0.15, 0.2) is 0 Å². The third-order valence-corrected chi connectivity index (χ3v) is 3.09. The molecule has 0 atom stereocenters. The van der Waals surface area contributed by atoms with Gasteiger partial charge in [0, 0.05) is 0 Å². The van der Waals surface area contributed by atoms with Crippen LogP contribution in [0.5, 0.6) is 0 Å². The molecular weight excluding hydrogens is 254 g/mol. The number of aliphatic imine (C=N–C) groups is 1. The van der Waals surface area contributed by atoms with Crippen LogP contribution in [0.3, 0.4) is 0 Å². The van der Waals surface area contributed by atoms with Crippen molar-refractivity contribution in [2.75, 3.05) is 0 Å². The number of para-hydroxylation sites is 1. The van der Waals surface area contributed by atoms with Crippen LogP contribution in [0, 0.1) is 6.92 Å². The van der Waals surface area contributed by atoms with E-state index >= 15 is 0 Å². The van der Waals surface area contributed by atoms with E-state index < -0.39 is 0 Å². The van der Waals surface area contributed by atoms with Crippen LogP contribution in [-0.2, 0) is 0 Å². The van der Waals surface area contributed by atoms with Gasteiger partial charge in [0.25, 0.3) is 0 Å². The summed E-state index contributed by atoms with van der Waals surface area (Å²) in [5.41, 5.74) is 4.41. The van der Waals surface area contributed by atoms with E-state index in [4.69, 9.17) is 11.6 Å². The maximum Gasteiger partial charge on any atom is 0.130 e. The number of nitrogens with zero attached hydrogens (tertiary/aromatic N) is 1. The summed E-state index contributed by atoms with van der Waals surface area (Å²) in [6.07, 6.45) is 1.90. The SMILES string of the molecule is C/C(=C/C(Cl)=N/c1ccccc1)c1ccccc1C. The van der Waals surface area contributed by atoms with E-state index in [0.717, 1.165) is 11.3 Å². The number of halogens is 1. The van der Waals surface area contributed by atoms with Crippen molar-refractivity contribution in [2.24, 2.45) is 4.99 Å². The molecule has 0 saturated carbocycles. The first-order valence-corrected chi connectivity index (χ1v) is 6.58. The second-order valence-electron chi connectivity index (χ2n) is 4.41. The lowest BCUT2D eigenvalue weighted by Gasteiger charge is -2.05. The highest BCUT2D eigenvalue weighted by atomic mass is 35.5. The molecule has 0 aliphatic carbocycles. The van der Waals surface area contributed by atoms with Crippen molar-refractivity contribution in [1.82, 2.24) is 0 Å². The predicted octanol–water partition coefficient (Wildman–Crippen LogP) is 5.37. The maximum absolute atomic E-state index is 6.19.